The number of carboxylic acids is 1. The highest BCUT2D eigenvalue weighted by Crippen LogP contribution is 2.33. The molecule has 6 amide bonds. The van der Waals surface area contributed by atoms with Gasteiger partial charge in [-0.25, -0.2) is 14.8 Å². The molecule has 67 heavy (non-hydrogen) atoms. The summed E-state index contributed by atoms with van der Waals surface area (Å²) in [7, 11) is 1.82. The summed E-state index contributed by atoms with van der Waals surface area (Å²) in [4.78, 5) is 106. The quantitative estimate of drug-likeness (QED) is 0.0319. The third-order valence-electron chi connectivity index (χ3n) is 10.5. The maximum absolute atomic E-state index is 13.0. The standard InChI is InChI=1S/C43H52N12O12/c1-54(22-26-21-48-38-36(49-26)37(44)52-43(45)53-38)27-7-5-25(6-8-27)39(59)50-30(42(62)63)9-11-33(56)46-13-15-64-17-19-66-20-18-65-16-14-47-35(58)24-67-32-4-2-3-28-29(32)23-55(41(28)61)31-10-12-34(57)51-40(31)60/h2-8,21,30-31H,9-20,22-24H2,1H3,(H,46,56)(H,47,58)(H,50,59)(H,62,63)(H,51,57,60)(H4,44,45,48,52,53). The molecule has 9 N–H and O–H groups in total. The van der Waals surface area contributed by atoms with Crippen molar-refractivity contribution >= 4 is 70.0 Å². The molecule has 0 radical (unpaired) electrons. The Hall–Kier alpha value is -7.57. The van der Waals surface area contributed by atoms with Crippen LogP contribution in [-0.4, -0.2) is 150 Å². The summed E-state index contributed by atoms with van der Waals surface area (Å²) in [5.74, 6) is -3.42. The second-order valence-corrected chi connectivity index (χ2v) is 15.3. The van der Waals surface area contributed by atoms with Crippen LogP contribution in [0.5, 0.6) is 5.75 Å². The van der Waals surface area contributed by atoms with Crippen molar-refractivity contribution in [2.75, 3.05) is 82.8 Å². The number of aromatic nitrogens is 4. The van der Waals surface area contributed by atoms with Gasteiger partial charge in [0.15, 0.2) is 23.6 Å². The number of nitrogen functional groups attached to an aromatic ring is 2. The predicted octanol–water partition coefficient (Wildman–Crippen LogP) is -0.694. The van der Waals surface area contributed by atoms with Gasteiger partial charge in [-0.05, 0) is 49.2 Å². The number of fused-ring (bicyclic) bond motifs is 2. The number of aliphatic carboxylic acids is 1. The van der Waals surface area contributed by atoms with E-state index in [1.165, 1.54) is 4.90 Å². The van der Waals surface area contributed by atoms with Crippen molar-refractivity contribution in [1.29, 1.82) is 0 Å². The van der Waals surface area contributed by atoms with E-state index in [2.05, 4.69) is 41.2 Å². The monoisotopic (exact) mass is 928 g/mol. The number of carboxylic acid groups (broad SMARTS) is 1. The van der Waals surface area contributed by atoms with Crippen molar-refractivity contribution in [3.8, 4) is 5.75 Å². The zero-order valence-corrected chi connectivity index (χ0v) is 36.7. The smallest absolute Gasteiger partial charge is 0.326 e. The number of carbonyl (C=O) groups is 7. The second kappa shape index (κ2) is 23.6. The van der Waals surface area contributed by atoms with Crippen molar-refractivity contribution in [3.05, 3.63) is 71.0 Å². The van der Waals surface area contributed by atoms with Crippen LogP contribution in [-0.2, 0) is 51.3 Å². The van der Waals surface area contributed by atoms with Crippen LogP contribution in [0.3, 0.4) is 0 Å². The fourth-order valence-corrected chi connectivity index (χ4v) is 7.08. The molecule has 4 aromatic rings. The van der Waals surface area contributed by atoms with Gasteiger partial charge in [-0.1, -0.05) is 6.07 Å². The Morgan fingerprint density at radius 3 is 2.28 bits per heavy atom. The maximum Gasteiger partial charge on any atom is 0.326 e. The van der Waals surface area contributed by atoms with Gasteiger partial charge in [-0.2, -0.15) is 9.97 Å². The minimum absolute atomic E-state index is 0.00103. The topological polar surface area (TPSA) is 335 Å². The number of nitrogens with one attached hydrogen (secondary N) is 4. The van der Waals surface area contributed by atoms with E-state index in [1.54, 1.807) is 48.7 Å². The van der Waals surface area contributed by atoms with Crippen LogP contribution < -0.4 is 42.4 Å². The molecule has 24 nitrogen and oxygen atoms in total. The normalized spacial score (nSPS) is 14.9. The van der Waals surface area contributed by atoms with Crippen LogP contribution in [0.1, 0.15) is 57.7 Å². The first-order valence-electron chi connectivity index (χ1n) is 21.3. The molecule has 24 heteroatoms. The molecule has 0 saturated carbocycles. The van der Waals surface area contributed by atoms with Gasteiger partial charge >= 0.3 is 5.97 Å². The Kier molecular flexibility index (Phi) is 17.2. The van der Waals surface area contributed by atoms with Crippen LogP contribution in [0.4, 0.5) is 17.5 Å². The summed E-state index contributed by atoms with van der Waals surface area (Å²) >= 11 is 0. The predicted molar refractivity (Wildman–Crippen MR) is 237 cm³/mol. The first-order valence-corrected chi connectivity index (χ1v) is 21.3. The van der Waals surface area contributed by atoms with E-state index in [0.29, 0.717) is 34.6 Å². The summed E-state index contributed by atoms with van der Waals surface area (Å²) in [5.41, 5.74) is 14.7. The van der Waals surface area contributed by atoms with Gasteiger partial charge in [0.2, 0.25) is 23.7 Å². The van der Waals surface area contributed by atoms with Crippen molar-refractivity contribution in [2.24, 2.45) is 0 Å². The molecular weight excluding hydrogens is 877 g/mol. The molecular formula is C43H52N12O12. The van der Waals surface area contributed by atoms with Crippen LogP contribution in [0, 0.1) is 0 Å². The lowest BCUT2D eigenvalue weighted by atomic mass is 10.0. The fourth-order valence-electron chi connectivity index (χ4n) is 7.08. The number of benzene rings is 2. The van der Waals surface area contributed by atoms with Crippen molar-refractivity contribution in [2.45, 2.75) is 50.9 Å². The van der Waals surface area contributed by atoms with E-state index in [0.717, 1.165) is 5.69 Å². The molecule has 0 spiro atoms. The van der Waals surface area contributed by atoms with E-state index < -0.39 is 41.7 Å². The summed E-state index contributed by atoms with van der Waals surface area (Å²) < 4.78 is 22.1. The van der Waals surface area contributed by atoms with Gasteiger partial charge in [0, 0.05) is 55.4 Å². The number of ether oxygens (including phenoxy) is 4. The van der Waals surface area contributed by atoms with Gasteiger partial charge in [0.1, 0.15) is 17.8 Å². The number of imide groups is 1. The zero-order chi connectivity index (χ0) is 47.9. The lowest BCUT2D eigenvalue weighted by Crippen LogP contribution is -2.52. The third-order valence-corrected chi connectivity index (χ3v) is 10.5. The van der Waals surface area contributed by atoms with E-state index in [-0.39, 0.29) is 126 Å². The molecule has 356 valence electrons. The highest BCUT2D eigenvalue weighted by molar-refractivity contribution is 6.05. The molecule has 6 rings (SSSR count). The van der Waals surface area contributed by atoms with Crippen molar-refractivity contribution in [1.82, 2.24) is 46.1 Å². The Morgan fingerprint density at radius 2 is 1.60 bits per heavy atom. The zero-order valence-electron chi connectivity index (χ0n) is 36.7. The first-order chi connectivity index (χ1) is 32.3. The van der Waals surface area contributed by atoms with Crippen molar-refractivity contribution < 1.29 is 57.6 Å². The molecule has 4 heterocycles. The van der Waals surface area contributed by atoms with Gasteiger partial charge in [0.25, 0.3) is 17.7 Å². The summed E-state index contributed by atoms with van der Waals surface area (Å²) in [6.07, 6.45) is 1.66. The second-order valence-electron chi connectivity index (χ2n) is 15.3. The lowest BCUT2D eigenvalue weighted by molar-refractivity contribution is -0.140. The van der Waals surface area contributed by atoms with E-state index >= 15 is 0 Å². The molecule has 2 aliphatic rings. The lowest BCUT2D eigenvalue weighted by Gasteiger charge is -2.29. The molecule has 0 bridgehead atoms. The first kappa shape index (κ1) is 48.9. The number of hydrogen-bond acceptors (Lipinski definition) is 18. The molecule has 1 fully saturated rings. The number of anilines is 3. The van der Waals surface area contributed by atoms with Crippen LogP contribution in [0.25, 0.3) is 11.2 Å². The van der Waals surface area contributed by atoms with Crippen molar-refractivity contribution in [3.63, 3.8) is 0 Å². The number of piperidine rings is 1. The number of hydrogen-bond donors (Lipinski definition) is 7. The fraction of sp³-hybridized carbons (Fsp3) is 0.419. The number of nitrogens with two attached hydrogens (primary N) is 2. The maximum atomic E-state index is 13.0. The highest BCUT2D eigenvalue weighted by Gasteiger charge is 2.40. The van der Waals surface area contributed by atoms with Gasteiger partial charge in [0.05, 0.1) is 64.6 Å². The van der Waals surface area contributed by atoms with E-state index in [9.17, 15) is 38.7 Å². The summed E-state index contributed by atoms with van der Waals surface area (Å²) in [6, 6.07) is 9.39. The molecule has 2 atom stereocenters. The average Bonchev–Trinajstić information content (AvgIpc) is 3.64. The number of nitrogens with zero attached hydrogens (tertiary/aromatic N) is 6. The Bertz CT molecular complexity index is 2460. The molecule has 1 saturated heterocycles. The van der Waals surface area contributed by atoms with Crippen LogP contribution >= 0.6 is 0 Å². The molecule has 2 unspecified atom stereocenters. The van der Waals surface area contributed by atoms with E-state index in [4.69, 9.17) is 30.4 Å². The summed E-state index contributed by atoms with van der Waals surface area (Å²) in [6.45, 7) is 2.08. The number of carbonyl (C=O) groups excluding carboxylic acids is 6. The van der Waals surface area contributed by atoms with Crippen LogP contribution in [0.15, 0.2) is 48.7 Å². The SMILES string of the molecule is CN(Cc1cnc2nc(N)nc(N)c2n1)c1ccc(C(=O)NC(CCC(=O)NCCOCCOCCOCCNC(=O)COc2cccc3c2CN(C2CCC(=O)NC2=O)C3=O)C(=O)O)cc1. The Morgan fingerprint density at radius 1 is 0.910 bits per heavy atom. The molecule has 0 aliphatic carbocycles. The van der Waals surface area contributed by atoms with Gasteiger partial charge in [-0.15, -0.1) is 0 Å². The number of rotatable bonds is 25. The Balaban J connectivity index is 0.763. The molecule has 2 aliphatic heterocycles. The number of amides is 6. The van der Waals surface area contributed by atoms with E-state index in [1.807, 2.05) is 11.9 Å². The minimum Gasteiger partial charge on any atom is -0.483 e. The molecule has 2 aromatic heterocycles. The van der Waals surface area contributed by atoms with Gasteiger partial charge in [-0.3, -0.25) is 34.1 Å². The largest absolute Gasteiger partial charge is 0.483 e. The minimum atomic E-state index is -1.30. The summed E-state index contributed by atoms with van der Waals surface area (Å²) in [5, 5.41) is 19.8. The van der Waals surface area contributed by atoms with Crippen LogP contribution in [0.2, 0.25) is 0 Å². The highest BCUT2D eigenvalue weighted by atomic mass is 16.5. The molecule has 2 aromatic carbocycles. The van der Waals surface area contributed by atoms with Gasteiger partial charge < -0.3 is 61.3 Å². The average molecular weight is 929 g/mol. The third kappa shape index (κ3) is 13.7. The Labute approximate surface area is 383 Å².